The van der Waals surface area contributed by atoms with E-state index in [9.17, 15) is 4.79 Å². The quantitative estimate of drug-likeness (QED) is 0.627. The maximum Gasteiger partial charge on any atom is 0.194 e. The van der Waals surface area contributed by atoms with Gasteiger partial charge in [0.1, 0.15) is 5.60 Å². The molecular formula is C18H21NO2. The first-order valence-electron chi connectivity index (χ1n) is 7.70. The van der Waals surface area contributed by atoms with Crippen LogP contribution in [-0.4, -0.2) is 23.5 Å². The Kier molecular flexibility index (Phi) is 4.02. The zero-order valence-corrected chi connectivity index (χ0v) is 12.5. The van der Waals surface area contributed by atoms with E-state index in [1.807, 2.05) is 30.3 Å². The lowest BCUT2D eigenvalue weighted by atomic mass is 9.85. The zero-order chi connectivity index (χ0) is 14.7. The van der Waals surface area contributed by atoms with Gasteiger partial charge in [-0.15, -0.1) is 0 Å². The molecule has 0 radical (unpaired) electrons. The highest BCUT2D eigenvalue weighted by molar-refractivity contribution is 6.04. The molecule has 0 bridgehead atoms. The Morgan fingerprint density at radius 2 is 1.90 bits per heavy atom. The van der Waals surface area contributed by atoms with Crippen molar-refractivity contribution in [3.63, 3.8) is 0 Å². The van der Waals surface area contributed by atoms with E-state index in [1.165, 1.54) is 12.8 Å². The monoisotopic (exact) mass is 283 g/mol. The number of methoxy groups -OCH3 is 1. The summed E-state index contributed by atoms with van der Waals surface area (Å²) in [5.41, 5.74) is 0.937. The fourth-order valence-electron chi connectivity index (χ4n) is 3.29. The Labute approximate surface area is 125 Å². The number of hydrogen-bond donors (Lipinski definition) is 0. The number of pyridine rings is 1. The van der Waals surface area contributed by atoms with Crippen LogP contribution in [0.3, 0.4) is 0 Å². The second-order valence-corrected chi connectivity index (χ2v) is 5.85. The van der Waals surface area contributed by atoms with Gasteiger partial charge in [-0.05, 0) is 25.0 Å². The van der Waals surface area contributed by atoms with Gasteiger partial charge in [0.15, 0.2) is 5.78 Å². The lowest BCUT2D eigenvalue weighted by molar-refractivity contribution is -0.00691. The first kappa shape index (κ1) is 14.2. The van der Waals surface area contributed by atoms with Gasteiger partial charge in [-0.1, -0.05) is 43.9 Å². The molecule has 2 aromatic rings. The predicted molar refractivity (Wildman–Crippen MR) is 83.5 cm³/mol. The van der Waals surface area contributed by atoms with Crippen molar-refractivity contribution in [2.75, 3.05) is 7.11 Å². The number of aromatic nitrogens is 1. The third-order valence-electron chi connectivity index (χ3n) is 4.58. The summed E-state index contributed by atoms with van der Waals surface area (Å²) in [4.78, 5) is 17.3. The highest BCUT2D eigenvalue weighted by Gasteiger charge is 2.39. The van der Waals surface area contributed by atoms with Crippen molar-refractivity contribution in [1.82, 2.24) is 4.98 Å². The molecule has 3 rings (SSSR count). The van der Waals surface area contributed by atoms with E-state index in [-0.39, 0.29) is 5.78 Å². The van der Waals surface area contributed by atoms with Crippen LogP contribution in [0.2, 0.25) is 0 Å². The Hall–Kier alpha value is -1.74. The second kappa shape index (κ2) is 5.94. The van der Waals surface area contributed by atoms with Gasteiger partial charge in [-0.3, -0.25) is 9.78 Å². The highest BCUT2D eigenvalue weighted by atomic mass is 16.5. The van der Waals surface area contributed by atoms with Crippen LogP contribution in [0.15, 0.2) is 36.5 Å². The van der Waals surface area contributed by atoms with Crippen molar-refractivity contribution in [3.8, 4) is 0 Å². The number of ketones is 1. The summed E-state index contributed by atoms with van der Waals surface area (Å²) >= 11 is 0. The molecule has 1 aliphatic carbocycles. The Bertz CT molecular complexity index is 642. The average molecular weight is 283 g/mol. The molecule has 110 valence electrons. The molecule has 1 aromatic heterocycles. The number of ether oxygens (including phenoxy) is 1. The smallest absolute Gasteiger partial charge is 0.194 e. The molecule has 0 saturated heterocycles. The molecule has 21 heavy (non-hydrogen) atoms. The number of nitrogens with zero attached hydrogens (tertiary/aromatic N) is 1. The number of benzene rings is 1. The van der Waals surface area contributed by atoms with Gasteiger partial charge >= 0.3 is 0 Å². The zero-order valence-electron chi connectivity index (χ0n) is 12.5. The average Bonchev–Trinajstić information content (AvgIpc) is 2.80. The predicted octanol–water partition coefficient (Wildman–Crippen LogP) is 4.16. The minimum atomic E-state index is -0.640. The van der Waals surface area contributed by atoms with Gasteiger partial charge in [0.25, 0.3) is 0 Å². The molecular weight excluding hydrogens is 262 g/mol. The van der Waals surface area contributed by atoms with E-state index < -0.39 is 5.60 Å². The van der Waals surface area contributed by atoms with Gasteiger partial charge in [0.2, 0.25) is 0 Å². The summed E-state index contributed by atoms with van der Waals surface area (Å²) in [7, 11) is 1.67. The number of Topliss-reactive ketones (excluding diaryl/α,β-unsaturated/α-hetero) is 1. The molecule has 0 atom stereocenters. The summed E-state index contributed by atoms with van der Waals surface area (Å²) in [5, 5.41) is 1.06. The van der Waals surface area contributed by atoms with Crippen LogP contribution in [-0.2, 0) is 4.74 Å². The van der Waals surface area contributed by atoms with Gasteiger partial charge in [0.05, 0.1) is 5.52 Å². The Morgan fingerprint density at radius 3 is 2.62 bits per heavy atom. The molecule has 0 spiro atoms. The number of carbonyl (C=O) groups excluding carboxylic acids is 1. The fraction of sp³-hybridized carbons (Fsp3) is 0.444. The molecule has 1 aromatic carbocycles. The molecule has 1 fully saturated rings. The number of hydrogen-bond acceptors (Lipinski definition) is 3. The van der Waals surface area contributed by atoms with Crippen molar-refractivity contribution in [2.45, 2.75) is 44.1 Å². The van der Waals surface area contributed by atoms with Crippen LogP contribution in [0.5, 0.6) is 0 Å². The van der Waals surface area contributed by atoms with Gasteiger partial charge < -0.3 is 4.74 Å². The topological polar surface area (TPSA) is 39.2 Å². The Morgan fingerprint density at radius 1 is 1.14 bits per heavy atom. The SMILES string of the molecule is COC1(C(=O)c2ccc3cccnc3c2)CCCCCC1. The van der Waals surface area contributed by atoms with Crippen molar-refractivity contribution in [3.05, 3.63) is 42.1 Å². The summed E-state index contributed by atoms with van der Waals surface area (Å²) < 4.78 is 5.72. The number of rotatable bonds is 3. The van der Waals surface area contributed by atoms with E-state index in [0.29, 0.717) is 5.56 Å². The maximum absolute atomic E-state index is 13.0. The summed E-state index contributed by atoms with van der Waals surface area (Å²) in [6.07, 6.45) is 7.91. The number of fused-ring (bicyclic) bond motifs is 1. The minimum Gasteiger partial charge on any atom is -0.370 e. The fourth-order valence-corrected chi connectivity index (χ4v) is 3.29. The van der Waals surface area contributed by atoms with Crippen molar-refractivity contribution < 1.29 is 9.53 Å². The minimum absolute atomic E-state index is 0.111. The maximum atomic E-state index is 13.0. The summed E-state index contributed by atoms with van der Waals surface area (Å²) in [5.74, 6) is 0.111. The highest BCUT2D eigenvalue weighted by Crippen LogP contribution is 2.33. The third kappa shape index (κ3) is 2.70. The van der Waals surface area contributed by atoms with E-state index in [1.54, 1.807) is 13.3 Å². The Balaban J connectivity index is 1.97. The van der Waals surface area contributed by atoms with Crippen LogP contribution < -0.4 is 0 Å². The van der Waals surface area contributed by atoms with Crippen molar-refractivity contribution >= 4 is 16.7 Å². The van der Waals surface area contributed by atoms with Gasteiger partial charge in [-0.25, -0.2) is 0 Å². The molecule has 1 aliphatic rings. The normalized spacial score (nSPS) is 18.3. The lowest BCUT2D eigenvalue weighted by Crippen LogP contribution is -2.40. The van der Waals surface area contributed by atoms with Crippen LogP contribution >= 0.6 is 0 Å². The van der Waals surface area contributed by atoms with Crippen molar-refractivity contribution in [1.29, 1.82) is 0 Å². The largest absolute Gasteiger partial charge is 0.370 e. The molecule has 0 aliphatic heterocycles. The van der Waals surface area contributed by atoms with E-state index in [4.69, 9.17) is 4.74 Å². The first-order chi connectivity index (χ1) is 10.2. The molecule has 1 saturated carbocycles. The lowest BCUT2D eigenvalue weighted by Gasteiger charge is -2.29. The van der Waals surface area contributed by atoms with Gasteiger partial charge in [0, 0.05) is 24.3 Å². The molecule has 0 N–H and O–H groups in total. The summed E-state index contributed by atoms with van der Waals surface area (Å²) in [6.45, 7) is 0. The third-order valence-corrected chi connectivity index (χ3v) is 4.58. The van der Waals surface area contributed by atoms with Crippen molar-refractivity contribution in [2.24, 2.45) is 0 Å². The van der Waals surface area contributed by atoms with E-state index >= 15 is 0 Å². The molecule has 3 nitrogen and oxygen atoms in total. The van der Waals surface area contributed by atoms with Crippen LogP contribution in [0.25, 0.3) is 10.9 Å². The van der Waals surface area contributed by atoms with Crippen LogP contribution in [0.4, 0.5) is 0 Å². The second-order valence-electron chi connectivity index (χ2n) is 5.85. The van der Waals surface area contributed by atoms with Crippen LogP contribution in [0.1, 0.15) is 48.9 Å². The number of carbonyl (C=O) groups is 1. The molecule has 1 heterocycles. The van der Waals surface area contributed by atoms with Gasteiger partial charge in [-0.2, -0.15) is 0 Å². The van der Waals surface area contributed by atoms with Crippen LogP contribution in [0, 0.1) is 0 Å². The molecule has 0 unspecified atom stereocenters. The van der Waals surface area contributed by atoms with E-state index in [0.717, 1.165) is 36.6 Å². The first-order valence-corrected chi connectivity index (χ1v) is 7.70. The summed E-state index contributed by atoms with van der Waals surface area (Å²) in [6, 6.07) is 9.68. The molecule has 3 heteroatoms. The van der Waals surface area contributed by atoms with E-state index in [2.05, 4.69) is 4.98 Å². The standard InChI is InChI=1S/C18H21NO2/c1-21-18(10-4-2-3-5-11-18)17(20)15-9-8-14-7-6-12-19-16(14)13-15/h6-9,12-13H,2-5,10-11H2,1H3. The molecule has 0 amide bonds.